The first-order valence-electron chi connectivity index (χ1n) is 16.8. The number of carbonyl (C=O) groups is 4. The van der Waals surface area contributed by atoms with Crippen LogP contribution in [0.5, 0.6) is 0 Å². The highest BCUT2D eigenvalue weighted by atomic mass is 31.2. The molecule has 0 bridgehead atoms. The first kappa shape index (κ1) is 35.9. The van der Waals surface area contributed by atoms with Gasteiger partial charge in [0.2, 0.25) is 7.37 Å². The van der Waals surface area contributed by atoms with Crippen molar-refractivity contribution in [3.8, 4) is 0 Å². The lowest BCUT2D eigenvalue weighted by molar-refractivity contribution is -0.181. The quantitative estimate of drug-likeness (QED) is 0.121. The van der Waals surface area contributed by atoms with Gasteiger partial charge in [0.1, 0.15) is 6.10 Å². The molecule has 4 saturated carbocycles. The summed E-state index contributed by atoms with van der Waals surface area (Å²) in [5.41, 5.74) is -0.189. The van der Waals surface area contributed by atoms with Gasteiger partial charge in [0.05, 0.1) is 18.4 Å². The number of aliphatic carboxylic acids is 3. The standard InChI is InChI=1S/C33H53O11P/c1-19(4-10-28(35)36)24-8-9-25-23-7-6-21-16-22(12-14-32(21,2)26(23)17-27(34)33(24,25)3)44-30(39)13-15-45(42,43)18-20(31(40)41)5-11-29(37)38/h19-27,34H,4-18H2,1-3H3,(H,35,36)(H,37,38)(H,40,41)(H,42,43)/t19?,20?,21?,22-,23?,24-,25?,26?,27+,32+,33-/m1/s1. The number of ether oxygens (including phenoxy) is 1. The van der Waals surface area contributed by atoms with E-state index < -0.39 is 62.0 Å². The zero-order chi connectivity index (χ0) is 33.3. The minimum absolute atomic E-state index is 0.0176. The van der Waals surface area contributed by atoms with Crippen LogP contribution in [0.25, 0.3) is 0 Å². The van der Waals surface area contributed by atoms with Crippen molar-refractivity contribution in [3.05, 3.63) is 0 Å². The number of carboxylic acids is 3. The fourth-order valence-corrected chi connectivity index (χ4v) is 12.1. The summed E-state index contributed by atoms with van der Waals surface area (Å²) in [5, 5.41) is 39.1. The SMILES string of the molecule is CC(CCC(=O)O)[C@H]1CCC2C3CCC4C[C@H](OC(=O)CCP(=O)(O)CC(CCC(=O)O)C(=O)O)CC[C@]4(C)C3C[C@H](O)[C@@]21C. The summed E-state index contributed by atoms with van der Waals surface area (Å²) in [4.78, 5) is 56.5. The molecule has 4 aliphatic carbocycles. The highest BCUT2D eigenvalue weighted by Crippen LogP contribution is 2.68. The molecule has 0 amide bonds. The third-order valence-corrected chi connectivity index (χ3v) is 14.8. The number of fused-ring (bicyclic) bond motifs is 5. The normalized spacial score (nSPS) is 38.5. The fraction of sp³-hybridized carbons (Fsp3) is 0.879. The predicted molar refractivity (Wildman–Crippen MR) is 165 cm³/mol. The molecule has 45 heavy (non-hydrogen) atoms. The van der Waals surface area contributed by atoms with E-state index in [0.29, 0.717) is 48.9 Å². The predicted octanol–water partition coefficient (Wildman–Crippen LogP) is 5.25. The molecule has 0 aromatic rings. The Morgan fingerprint density at radius 1 is 0.889 bits per heavy atom. The monoisotopic (exact) mass is 656 g/mol. The number of rotatable bonds is 14. The van der Waals surface area contributed by atoms with Crippen molar-refractivity contribution in [2.45, 2.75) is 116 Å². The van der Waals surface area contributed by atoms with E-state index >= 15 is 0 Å². The molecule has 0 aliphatic heterocycles. The van der Waals surface area contributed by atoms with Gasteiger partial charge in [0.25, 0.3) is 0 Å². The summed E-state index contributed by atoms with van der Waals surface area (Å²) in [6.07, 6.45) is 5.28. The molecule has 0 heterocycles. The lowest BCUT2D eigenvalue weighted by atomic mass is 9.43. The van der Waals surface area contributed by atoms with Crippen LogP contribution in [0.4, 0.5) is 0 Å². The van der Waals surface area contributed by atoms with Gasteiger partial charge in [-0.25, -0.2) is 0 Å². The highest BCUT2D eigenvalue weighted by molar-refractivity contribution is 7.58. The van der Waals surface area contributed by atoms with Gasteiger partial charge in [-0.1, -0.05) is 20.8 Å². The molecule has 12 atom stereocenters. The molecule has 0 aromatic heterocycles. The van der Waals surface area contributed by atoms with Gasteiger partial charge in [-0.2, -0.15) is 0 Å². The van der Waals surface area contributed by atoms with Crippen molar-refractivity contribution in [1.82, 2.24) is 0 Å². The van der Waals surface area contributed by atoms with Crippen LogP contribution in [0.1, 0.15) is 104 Å². The van der Waals surface area contributed by atoms with Gasteiger partial charge in [-0.3, -0.25) is 23.7 Å². The maximum atomic E-state index is 12.7. The second-order valence-corrected chi connectivity index (χ2v) is 17.7. The van der Waals surface area contributed by atoms with Crippen LogP contribution >= 0.6 is 7.37 Å². The average molecular weight is 657 g/mol. The summed E-state index contributed by atoms with van der Waals surface area (Å²) < 4.78 is 18.5. The Balaban J connectivity index is 1.32. The maximum absolute atomic E-state index is 12.7. The van der Waals surface area contributed by atoms with Crippen molar-refractivity contribution in [1.29, 1.82) is 0 Å². The van der Waals surface area contributed by atoms with Gasteiger partial charge in [-0.15, -0.1) is 0 Å². The molecule has 0 saturated heterocycles. The molecule has 4 rings (SSSR count). The summed E-state index contributed by atoms with van der Waals surface area (Å²) in [5.74, 6) is -2.95. The van der Waals surface area contributed by atoms with E-state index in [1.54, 1.807) is 0 Å². The summed E-state index contributed by atoms with van der Waals surface area (Å²) in [6.45, 7) is 6.74. The number of carbonyl (C=O) groups excluding carboxylic acids is 1. The van der Waals surface area contributed by atoms with E-state index in [1.807, 2.05) is 0 Å². The Morgan fingerprint density at radius 3 is 2.20 bits per heavy atom. The zero-order valence-electron chi connectivity index (χ0n) is 26.9. The third kappa shape index (κ3) is 7.78. The molecule has 0 aromatic carbocycles. The molecule has 0 spiro atoms. The molecule has 11 nitrogen and oxygen atoms in total. The first-order valence-corrected chi connectivity index (χ1v) is 18.9. The van der Waals surface area contributed by atoms with Gasteiger partial charge < -0.3 is 30.1 Å². The molecule has 4 aliphatic rings. The lowest BCUT2D eigenvalue weighted by Crippen LogP contribution is -2.59. The molecular formula is C33H53O11P. The summed E-state index contributed by atoms with van der Waals surface area (Å²) in [6, 6.07) is 0. The van der Waals surface area contributed by atoms with Crippen molar-refractivity contribution in [2.75, 3.05) is 12.3 Å². The topological polar surface area (TPSA) is 196 Å². The van der Waals surface area contributed by atoms with Gasteiger partial charge in [-0.05, 0) is 111 Å². The van der Waals surface area contributed by atoms with Crippen molar-refractivity contribution in [3.63, 3.8) is 0 Å². The van der Waals surface area contributed by atoms with E-state index in [9.17, 15) is 44.0 Å². The van der Waals surface area contributed by atoms with E-state index in [0.717, 1.165) is 38.5 Å². The number of carboxylic acid groups (broad SMARTS) is 3. The Hall–Kier alpha value is -1.97. The Kier molecular flexibility index (Phi) is 11.2. The van der Waals surface area contributed by atoms with E-state index in [1.165, 1.54) is 0 Å². The van der Waals surface area contributed by atoms with Crippen molar-refractivity contribution >= 4 is 31.2 Å². The smallest absolute Gasteiger partial charge is 0.307 e. The van der Waals surface area contributed by atoms with Crippen LogP contribution in [-0.2, 0) is 28.5 Å². The highest BCUT2D eigenvalue weighted by Gasteiger charge is 2.63. The summed E-state index contributed by atoms with van der Waals surface area (Å²) in [7, 11) is -3.98. The second-order valence-electron chi connectivity index (χ2n) is 15.2. The molecule has 7 unspecified atom stereocenters. The third-order valence-electron chi connectivity index (χ3n) is 12.8. The van der Waals surface area contributed by atoms with Crippen LogP contribution in [0.15, 0.2) is 0 Å². The van der Waals surface area contributed by atoms with Crippen LogP contribution < -0.4 is 0 Å². The largest absolute Gasteiger partial charge is 0.481 e. The van der Waals surface area contributed by atoms with Gasteiger partial charge >= 0.3 is 23.9 Å². The minimum atomic E-state index is -3.98. The van der Waals surface area contributed by atoms with E-state index in [-0.39, 0.29) is 42.1 Å². The summed E-state index contributed by atoms with van der Waals surface area (Å²) >= 11 is 0. The fourth-order valence-electron chi connectivity index (χ4n) is 10.3. The molecule has 256 valence electrons. The minimum Gasteiger partial charge on any atom is -0.481 e. The van der Waals surface area contributed by atoms with Crippen LogP contribution in [-0.4, -0.2) is 73.7 Å². The van der Waals surface area contributed by atoms with Crippen molar-refractivity contribution in [2.24, 2.45) is 52.3 Å². The number of hydrogen-bond donors (Lipinski definition) is 5. The van der Waals surface area contributed by atoms with E-state index in [2.05, 4.69) is 20.8 Å². The second kappa shape index (κ2) is 14.0. The number of aliphatic hydroxyl groups excluding tert-OH is 1. The van der Waals surface area contributed by atoms with Crippen LogP contribution in [0.2, 0.25) is 0 Å². The van der Waals surface area contributed by atoms with E-state index in [4.69, 9.17) is 9.84 Å². The Bertz CT molecular complexity index is 1170. The van der Waals surface area contributed by atoms with Gasteiger partial charge in [0, 0.05) is 25.2 Å². The Morgan fingerprint density at radius 2 is 1.56 bits per heavy atom. The first-order chi connectivity index (χ1) is 21.0. The maximum Gasteiger partial charge on any atom is 0.307 e. The van der Waals surface area contributed by atoms with Crippen LogP contribution in [0, 0.1) is 52.3 Å². The molecule has 0 radical (unpaired) electrons. The molecule has 12 heteroatoms. The Labute approximate surface area is 266 Å². The van der Waals surface area contributed by atoms with Crippen LogP contribution in [0.3, 0.4) is 0 Å². The van der Waals surface area contributed by atoms with Gasteiger partial charge in [0.15, 0.2) is 0 Å². The average Bonchev–Trinajstić information content (AvgIpc) is 3.32. The number of hydrogen-bond acceptors (Lipinski definition) is 7. The molecule has 5 N–H and O–H groups in total. The van der Waals surface area contributed by atoms with Crippen molar-refractivity contribution < 1.29 is 53.8 Å². The number of esters is 1. The zero-order valence-corrected chi connectivity index (χ0v) is 27.8. The lowest BCUT2D eigenvalue weighted by Gasteiger charge is -2.62. The molecule has 4 fully saturated rings. The molecular weight excluding hydrogens is 603 g/mol. The number of aliphatic hydroxyl groups is 1.